The van der Waals surface area contributed by atoms with Gasteiger partial charge in [-0.25, -0.2) is 4.39 Å². The molecule has 0 heterocycles. The zero-order chi connectivity index (χ0) is 15.8. The molecular formula is C13H15F2N3O3. The summed E-state index contributed by atoms with van der Waals surface area (Å²) in [6.45, 7) is 2.61. The van der Waals surface area contributed by atoms with Gasteiger partial charge in [-0.2, -0.15) is 9.65 Å². The topological polar surface area (TPSA) is 88.2 Å². The smallest absolute Gasteiger partial charge is 0.307 e. The van der Waals surface area contributed by atoms with Crippen LogP contribution in [0.3, 0.4) is 0 Å². The minimum atomic E-state index is -1.17. The van der Waals surface area contributed by atoms with Crippen molar-refractivity contribution in [3.63, 3.8) is 0 Å². The van der Waals surface area contributed by atoms with Gasteiger partial charge in [0.15, 0.2) is 11.6 Å². The van der Waals surface area contributed by atoms with E-state index in [0.29, 0.717) is 18.7 Å². The maximum Gasteiger partial charge on any atom is 0.307 e. The van der Waals surface area contributed by atoms with Crippen LogP contribution in [0.5, 0.6) is 5.75 Å². The van der Waals surface area contributed by atoms with Crippen LogP contribution in [0.1, 0.15) is 19.8 Å². The SMILES string of the molecule is CCCNC(C#N)CCOc1cc(F)c([N+](=O)[O-])cc1F. The van der Waals surface area contributed by atoms with E-state index >= 15 is 0 Å². The van der Waals surface area contributed by atoms with Gasteiger partial charge in [-0.15, -0.1) is 0 Å². The summed E-state index contributed by atoms with van der Waals surface area (Å²) in [7, 11) is 0. The number of nitro groups is 1. The predicted molar refractivity (Wildman–Crippen MR) is 70.8 cm³/mol. The van der Waals surface area contributed by atoms with Gasteiger partial charge in [0.05, 0.1) is 29.7 Å². The Bertz CT molecular complexity index is 546. The van der Waals surface area contributed by atoms with Gasteiger partial charge in [0, 0.05) is 12.5 Å². The van der Waals surface area contributed by atoms with E-state index in [9.17, 15) is 18.9 Å². The Morgan fingerprint density at radius 1 is 1.48 bits per heavy atom. The molecule has 0 saturated heterocycles. The van der Waals surface area contributed by atoms with E-state index < -0.39 is 34.0 Å². The molecule has 1 aromatic rings. The molecule has 0 aliphatic heterocycles. The summed E-state index contributed by atoms with van der Waals surface area (Å²) in [5.74, 6) is -2.60. The monoisotopic (exact) mass is 299 g/mol. The van der Waals surface area contributed by atoms with Crippen molar-refractivity contribution < 1.29 is 18.4 Å². The number of hydrogen-bond donors (Lipinski definition) is 1. The van der Waals surface area contributed by atoms with E-state index in [1.807, 2.05) is 13.0 Å². The van der Waals surface area contributed by atoms with Crippen LogP contribution in [0.4, 0.5) is 14.5 Å². The number of hydrogen-bond acceptors (Lipinski definition) is 5. The molecule has 0 bridgehead atoms. The van der Waals surface area contributed by atoms with Crippen LogP contribution in [0.15, 0.2) is 12.1 Å². The van der Waals surface area contributed by atoms with Gasteiger partial charge in [0.1, 0.15) is 0 Å². The molecule has 114 valence electrons. The third-order valence-electron chi connectivity index (χ3n) is 2.66. The molecule has 0 aromatic heterocycles. The zero-order valence-electron chi connectivity index (χ0n) is 11.4. The second-order valence-electron chi connectivity index (χ2n) is 4.26. The summed E-state index contributed by atoms with van der Waals surface area (Å²) in [5, 5.41) is 22.3. The Kier molecular flexibility index (Phi) is 6.49. The largest absolute Gasteiger partial charge is 0.490 e. The van der Waals surface area contributed by atoms with Gasteiger partial charge in [-0.3, -0.25) is 10.1 Å². The summed E-state index contributed by atoms with van der Waals surface area (Å²) >= 11 is 0. The zero-order valence-corrected chi connectivity index (χ0v) is 11.4. The van der Waals surface area contributed by atoms with E-state index in [1.54, 1.807) is 0 Å². The van der Waals surface area contributed by atoms with Crippen molar-refractivity contribution in [2.24, 2.45) is 0 Å². The highest BCUT2D eigenvalue weighted by Gasteiger charge is 2.19. The molecule has 0 spiro atoms. The number of nitrogens with zero attached hydrogens (tertiary/aromatic N) is 2. The molecule has 0 amide bonds. The molecule has 6 nitrogen and oxygen atoms in total. The highest BCUT2D eigenvalue weighted by atomic mass is 19.1. The number of halogens is 2. The Balaban J connectivity index is 2.62. The van der Waals surface area contributed by atoms with Gasteiger partial charge in [0.25, 0.3) is 0 Å². The Labute approximate surface area is 120 Å². The van der Waals surface area contributed by atoms with Crippen LogP contribution in [0, 0.1) is 33.1 Å². The quantitative estimate of drug-likeness (QED) is 0.588. The third kappa shape index (κ3) is 4.96. The normalized spacial score (nSPS) is 11.7. The standard InChI is InChI=1S/C13H15F2N3O3/c1-2-4-17-9(8-16)3-5-21-13-7-10(14)12(18(19)20)6-11(13)15/h6-7,9,17H,2-5H2,1H3. The lowest BCUT2D eigenvalue weighted by Crippen LogP contribution is -2.29. The van der Waals surface area contributed by atoms with Crippen molar-refractivity contribution in [3.05, 3.63) is 33.9 Å². The van der Waals surface area contributed by atoms with E-state index in [4.69, 9.17) is 10.00 Å². The molecule has 8 heteroatoms. The first-order valence-electron chi connectivity index (χ1n) is 6.38. The Hall–Kier alpha value is -2.27. The summed E-state index contributed by atoms with van der Waals surface area (Å²) in [5.41, 5.74) is -0.945. The number of nitro benzene ring substituents is 1. The summed E-state index contributed by atoms with van der Waals surface area (Å²) in [6.07, 6.45) is 1.15. The van der Waals surface area contributed by atoms with Gasteiger partial charge in [-0.1, -0.05) is 6.92 Å². The van der Waals surface area contributed by atoms with Gasteiger partial charge in [0.2, 0.25) is 5.82 Å². The number of benzene rings is 1. The Morgan fingerprint density at radius 2 is 2.19 bits per heavy atom. The molecule has 21 heavy (non-hydrogen) atoms. The maximum absolute atomic E-state index is 13.5. The molecule has 1 atom stereocenters. The Morgan fingerprint density at radius 3 is 2.76 bits per heavy atom. The molecule has 0 radical (unpaired) electrons. The fourth-order valence-corrected chi connectivity index (χ4v) is 1.59. The molecule has 1 rings (SSSR count). The minimum absolute atomic E-state index is 0.0108. The van der Waals surface area contributed by atoms with Crippen molar-refractivity contribution in [1.82, 2.24) is 5.32 Å². The van der Waals surface area contributed by atoms with Crippen molar-refractivity contribution in [2.75, 3.05) is 13.2 Å². The average Bonchev–Trinajstić information content (AvgIpc) is 2.45. The van der Waals surface area contributed by atoms with E-state index in [-0.39, 0.29) is 13.0 Å². The second kappa shape index (κ2) is 8.11. The van der Waals surface area contributed by atoms with Gasteiger partial charge >= 0.3 is 5.69 Å². The molecule has 0 saturated carbocycles. The first-order valence-corrected chi connectivity index (χ1v) is 6.38. The number of rotatable bonds is 8. The molecule has 1 N–H and O–H groups in total. The van der Waals surface area contributed by atoms with Crippen LogP contribution in [-0.4, -0.2) is 24.1 Å². The van der Waals surface area contributed by atoms with Crippen molar-refractivity contribution in [1.29, 1.82) is 5.26 Å². The highest BCUT2D eigenvalue weighted by molar-refractivity contribution is 5.39. The predicted octanol–water partition coefficient (Wildman–Crippen LogP) is 2.53. The lowest BCUT2D eigenvalue weighted by atomic mass is 10.2. The van der Waals surface area contributed by atoms with Crippen LogP contribution in [0.2, 0.25) is 0 Å². The first-order chi connectivity index (χ1) is 9.99. The lowest BCUT2D eigenvalue weighted by Gasteiger charge is -2.12. The van der Waals surface area contributed by atoms with Crippen molar-refractivity contribution in [2.45, 2.75) is 25.8 Å². The summed E-state index contributed by atoms with van der Waals surface area (Å²) in [4.78, 5) is 9.43. The summed E-state index contributed by atoms with van der Waals surface area (Å²) in [6, 6.07) is 2.68. The number of nitriles is 1. The maximum atomic E-state index is 13.5. The number of ether oxygens (including phenoxy) is 1. The van der Waals surface area contributed by atoms with Crippen LogP contribution < -0.4 is 10.1 Å². The van der Waals surface area contributed by atoms with Crippen molar-refractivity contribution in [3.8, 4) is 11.8 Å². The minimum Gasteiger partial charge on any atom is -0.490 e. The molecule has 0 fully saturated rings. The van der Waals surface area contributed by atoms with Crippen LogP contribution in [-0.2, 0) is 0 Å². The summed E-state index contributed by atoms with van der Waals surface area (Å²) < 4.78 is 31.9. The molecule has 1 aromatic carbocycles. The molecule has 1 unspecified atom stereocenters. The highest BCUT2D eigenvalue weighted by Crippen LogP contribution is 2.26. The van der Waals surface area contributed by atoms with Crippen LogP contribution in [0.25, 0.3) is 0 Å². The first kappa shape index (κ1) is 16.8. The fourth-order valence-electron chi connectivity index (χ4n) is 1.59. The average molecular weight is 299 g/mol. The van der Waals surface area contributed by atoms with E-state index in [1.165, 1.54) is 0 Å². The van der Waals surface area contributed by atoms with E-state index in [2.05, 4.69) is 5.32 Å². The molecule has 0 aliphatic carbocycles. The van der Waals surface area contributed by atoms with Crippen LogP contribution >= 0.6 is 0 Å². The number of nitrogens with one attached hydrogen (secondary N) is 1. The van der Waals surface area contributed by atoms with Gasteiger partial charge < -0.3 is 10.1 Å². The third-order valence-corrected chi connectivity index (χ3v) is 2.66. The van der Waals surface area contributed by atoms with Crippen molar-refractivity contribution >= 4 is 5.69 Å². The van der Waals surface area contributed by atoms with E-state index in [0.717, 1.165) is 6.42 Å². The lowest BCUT2D eigenvalue weighted by molar-refractivity contribution is -0.387. The fraction of sp³-hybridized carbons (Fsp3) is 0.462. The molecular weight excluding hydrogens is 284 g/mol. The second-order valence-corrected chi connectivity index (χ2v) is 4.26. The molecule has 0 aliphatic rings. The van der Waals surface area contributed by atoms with Gasteiger partial charge in [-0.05, 0) is 13.0 Å².